The Morgan fingerprint density at radius 2 is 2.27 bits per heavy atom. The highest BCUT2D eigenvalue weighted by atomic mass is 32.2. The second-order valence-electron chi connectivity index (χ2n) is 2.66. The third-order valence-electron chi connectivity index (χ3n) is 1.67. The van der Waals surface area contributed by atoms with E-state index in [2.05, 4.69) is 15.0 Å². The van der Waals surface area contributed by atoms with Crippen molar-refractivity contribution in [1.82, 2.24) is 15.0 Å². The van der Waals surface area contributed by atoms with E-state index in [0.29, 0.717) is 10.2 Å². The Morgan fingerprint density at radius 1 is 1.40 bits per heavy atom. The molecule has 2 N–H and O–H groups in total. The number of nitrogens with zero attached hydrogens (tertiary/aromatic N) is 2. The molecule has 0 fully saturated rings. The summed E-state index contributed by atoms with van der Waals surface area (Å²) < 4.78 is 0. The van der Waals surface area contributed by atoms with Gasteiger partial charge in [0.1, 0.15) is 5.03 Å². The van der Waals surface area contributed by atoms with Gasteiger partial charge in [-0.1, -0.05) is 0 Å². The molecule has 0 atom stereocenters. The van der Waals surface area contributed by atoms with Crippen LogP contribution in [-0.2, 0) is 0 Å². The standard InChI is InChI=1S/C9H7N3O2S/c13-8(14)6-2-1-3-10-7(6)15-9-11-4-5-12-9/h1-5H,(H,11,12)(H,13,14). The Bertz CT molecular complexity index is 470. The lowest BCUT2D eigenvalue weighted by Gasteiger charge is -2.00. The van der Waals surface area contributed by atoms with Gasteiger partial charge in [0.15, 0.2) is 5.16 Å². The van der Waals surface area contributed by atoms with Crippen LogP contribution in [0.15, 0.2) is 40.9 Å². The molecule has 2 aromatic rings. The maximum Gasteiger partial charge on any atom is 0.338 e. The maximum absolute atomic E-state index is 10.9. The molecule has 2 heterocycles. The van der Waals surface area contributed by atoms with Crippen molar-refractivity contribution in [3.8, 4) is 0 Å². The fourth-order valence-corrected chi connectivity index (χ4v) is 1.84. The minimum atomic E-state index is -0.989. The number of hydrogen-bond acceptors (Lipinski definition) is 4. The van der Waals surface area contributed by atoms with Crippen molar-refractivity contribution >= 4 is 17.7 Å². The first-order valence-corrected chi connectivity index (χ1v) is 4.94. The molecule has 0 bridgehead atoms. The average molecular weight is 221 g/mol. The minimum absolute atomic E-state index is 0.180. The fraction of sp³-hybridized carbons (Fsp3) is 0. The van der Waals surface area contributed by atoms with Gasteiger partial charge in [-0.25, -0.2) is 14.8 Å². The summed E-state index contributed by atoms with van der Waals surface area (Å²) in [5.74, 6) is -0.989. The predicted molar refractivity (Wildman–Crippen MR) is 53.9 cm³/mol. The summed E-state index contributed by atoms with van der Waals surface area (Å²) in [6.45, 7) is 0. The molecule has 76 valence electrons. The van der Waals surface area contributed by atoms with Gasteiger partial charge in [0.05, 0.1) is 5.56 Å². The summed E-state index contributed by atoms with van der Waals surface area (Å²) in [6.07, 6.45) is 4.83. The molecule has 0 saturated carbocycles. The van der Waals surface area contributed by atoms with Crippen LogP contribution in [-0.4, -0.2) is 26.0 Å². The number of nitrogens with one attached hydrogen (secondary N) is 1. The number of carbonyl (C=O) groups is 1. The number of aromatic amines is 1. The van der Waals surface area contributed by atoms with E-state index in [1.165, 1.54) is 17.8 Å². The van der Waals surface area contributed by atoms with Gasteiger partial charge in [-0.15, -0.1) is 0 Å². The summed E-state index contributed by atoms with van der Waals surface area (Å²) in [6, 6.07) is 3.11. The molecule has 0 unspecified atom stereocenters. The lowest BCUT2D eigenvalue weighted by molar-refractivity contribution is 0.0692. The quantitative estimate of drug-likeness (QED) is 0.823. The van der Waals surface area contributed by atoms with Gasteiger partial charge in [-0.2, -0.15) is 0 Å². The van der Waals surface area contributed by atoms with Gasteiger partial charge in [0.25, 0.3) is 0 Å². The zero-order chi connectivity index (χ0) is 10.7. The highest BCUT2D eigenvalue weighted by Gasteiger charge is 2.12. The SMILES string of the molecule is O=C(O)c1cccnc1Sc1ncc[nH]1. The van der Waals surface area contributed by atoms with Crippen molar-refractivity contribution in [2.45, 2.75) is 10.2 Å². The van der Waals surface area contributed by atoms with Gasteiger partial charge in [0, 0.05) is 18.6 Å². The van der Waals surface area contributed by atoms with Gasteiger partial charge >= 0.3 is 5.97 Å². The largest absolute Gasteiger partial charge is 0.478 e. The number of hydrogen-bond donors (Lipinski definition) is 2. The van der Waals surface area contributed by atoms with Gasteiger partial charge in [-0.05, 0) is 23.9 Å². The Hall–Kier alpha value is -1.82. The summed E-state index contributed by atoms with van der Waals surface area (Å²) in [7, 11) is 0. The van der Waals surface area contributed by atoms with Crippen LogP contribution in [0.5, 0.6) is 0 Å². The predicted octanol–water partition coefficient (Wildman–Crippen LogP) is 1.65. The topological polar surface area (TPSA) is 78.9 Å². The van der Waals surface area contributed by atoms with Crippen LogP contribution in [0, 0.1) is 0 Å². The summed E-state index contributed by atoms with van der Waals surface area (Å²) in [5.41, 5.74) is 0.180. The second kappa shape index (κ2) is 4.14. The van der Waals surface area contributed by atoms with Gasteiger partial charge in [-0.3, -0.25) is 0 Å². The number of carboxylic acids is 1. The number of H-pyrrole nitrogens is 1. The number of aromatic carboxylic acids is 1. The van der Waals surface area contributed by atoms with E-state index < -0.39 is 5.97 Å². The molecule has 0 saturated heterocycles. The Kier molecular flexibility index (Phi) is 2.68. The highest BCUT2D eigenvalue weighted by Crippen LogP contribution is 2.25. The molecule has 15 heavy (non-hydrogen) atoms. The molecular weight excluding hydrogens is 214 g/mol. The van der Waals surface area contributed by atoms with E-state index >= 15 is 0 Å². The summed E-state index contributed by atoms with van der Waals surface area (Å²) >= 11 is 1.19. The number of imidazole rings is 1. The van der Waals surface area contributed by atoms with Crippen molar-refractivity contribution < 1.29 is 9.90 Å². The van der Waals surface area contributed by atoms with E-state index in [4.69, 9.17) is 5.11 Å². The number of aromatic nitrogens is 3. The molecule has 2 aromatic heterocycles. The van der Waals surface area contributed by atoms with Crippen molar-refractivity contribution in [2.75, 3.05) is 0 Å². The Morgan fingerprint density at radius 3 is 2.93 bits per heavy atom. The van der Waals surface area contributed by atoms with E-state index in [0.717, 1.165) is 0 Å². The first kappa shape index (κ1) is 9.72. The lowest BCUT2D eigenvalue weighted by atomic mass is 10.3. The van der Waals surface area contributed by atoms with Crippen molar-refractivity contribution in [3.05, 3.63) is 36.3 Å². The molecule has 0 aliphatic carbocycles. The van der Waals surface area contributed by atoms with E-state index in [-0.39, 0.29) is 5.56 Å². The molecule has 0 amide bonds. The van der Waals surface area contributed by atoms with Crippen LogP contribution in [0.3, 0.4) is 0 Å². The Labute approximate surface area is 89.6 Å². The average Bonchev–Trinajstić information content (AvgIpc) is 2.71. The third-order valence-corrected chi connectivity index (χ3v) is 2.60. The van der Waals surface area contributed by atoms with Crippen LogP contribution in [0.1, 0.15) is 10.4 Å². The molecule has 2 rings (SSSR count). The minimum Gasteiger partial charge on any atom is -0.478 e. The number of rotatable bonds is 3. The molecule has 0 aliphatic rings. The molecule has 5 nitrogen and oxygen atoms in total. The monoisotopic (exact) mass is 221 g/mol. The zero-order valence-electron chi connectivity index (χ0n) is 7.54. The van der Waals surface area contributed by atoms with Crippen molar-refractivity contribution in [2.24, 2.45) is 0 Å². The molecule has 0 aromatic carbocycles. The van der Waals surface area contributed by atoms with Gasteiger partial charge in [0.2, 0.25) is 0 Å². The van der Waals surface area contributed by atoms with Crippen LogP contribution in [0.2, 0.25) is 0 Å². The molecule has 6 heteroatoms. The smallest absolute Gasteiger partial charge is 0.338 e. The Balaban J connectivity index is 2.32. The van der Waals surface area contributed by atoms with Crippen LogP contribution >= 0.6 is 11.8 Å². The van der Waals surface area contributed by atoms with Crippen LogP contribution in [0.4, 0.5) is 0 Å². The van der Waals surface area contributed by atoms with Crippen molar-refractivity contribution in [3.63, 3.8) is 0 Å². The van der Waals surface area contributed by atoms with Crippen LogP contribution in [0.25, 0.3) is 0 Å². The fourth-order valence-electron chi connectivity index (χ4n) is 1.03. The number of carboxylic acid groups (broad SMARTS) is 1. The van der Waals surface area contributed by atoms with E-state index in [9.17, 15) is 4.79 Å². The summed E-state index contributed by atoms with van der Waals surface area (Å²) in [4.78, 5) is 21.7. The number of pyridine rings is 1. The first-order valence-electron chi connectivity index (χ1n) is 4.13. The van der Waals surface area contributed by atoms with Crippen molar-refractivity contribution in [1.29, 1.82) is 0 Å². The molecular formula is C9H7N3O2S. The maximum atomic E-state index is 10.9. The normalized spacial score (nSPS) is 10.1. The molecule has 0 spiro atoms. The highest BCUT2D eigenvalue weighted by molar-refractivity contribution is 7.99. The zero-order valence-corrected chi connectivity index (χ0v) is 8.36. The molecule has 0 aliphatic heterocycles. The van der Waals surface area contributed by atoms with Crippen LogP contribution < -0.4 is 0 Å². The molecule has 0 radical (unpaired) electrons. The first-order chi connectivity index (χ1) is 7.27. The second-order valence-corrected chi connectivity index (χ2v) is 3.64. The lowest BCUT2D eigenvalue weighted by Crippen LogP contribution is -2.00. The third kappa shape index (κ3) is 2.16. The van der Waals surface area contributed by atoms with E-state index in [1.54, 1.807) is 24.7 Å². The summed E-state index contributed by atoms with van der Waals surface area (Å²) in [5, 5.41) is 9.96. The van der Waals surface area contributed by atoms with E-state index in [1.807, 2.05) is 0 Å². The van der Waals surface area contributed by atoms with Gasteiger partial charge < -0.3 is 10.1 Å².